The number of sulfonamides is 1. The van der Waals surface area contributed by atoms with Crippen molar-refractivity contribution >= 4 is 21.6 Å². The summed E-state index contributed by atoms with van der Waals surface area (Å²) in [6, 6.07) is 4.63. The van der Waals surface area contributed by atoms with Crippen molar-refractivity contribution in [3.05, 3.63) is 46.7 Å². The number of nitrogens with two attached hydrogens (primary N) is 1. The highest BCUT2D eigenvalue weighted by molar-refractivity contribution is 7.89. The largest absolute Gasteiger partial charge is 0.326 e. The van der Waals surface area contributed by atoms with Gasteiger partial charge in [0.15, 0.2) is 0 Å². The van der Waals surface area contributed by atoms with Gasteiger partial charge in [-0.05, 0) is 17.7 Å². The highest BCUT2D eigenvalue weighted by Gasteiger charge is 2.17. The number of rotatable bonds is 5. The van der Waals surface area contributed by atoms with E-state index in [-0.39, 0.29) is 16.5 Å². The van der Waals surface area contributed by atoms with Gasteiger partial charge in [0.1, 0.15) is 4.90 Å². The SMILES string of the molecule is NCc1ccc(S(=O)(=O)NCc2cn[nH]c2)c(Cl)c1. The summed E-state index contributed by atoms with van der Waals surface area (Å²) in [5.41, 5.74) is 6.98. The van der Waals surface area contributed by atoms with Crippen LogP contribution in [0.1, 0.15) is 11.1 Å². The number of H-pyrrole nitrogens is 1. The molecule has 1 heterocycles. The second kappa shape index (κ2) is 5.70. The average Bonchev–Trinajstić information content (AvgIpc) is 2.89. The molecule has 19 heavy (non-hydrogen) atoms. The van der Waals surface area contributed by atoms with E-state index in [2.05, 4.69) is 14.9 Å². The average molecular weight is 301 g/mol. The van der Waals surface area contributed by atoms with Crippen LogP contribution in [0, 0.1) is 0 Å². The lowest BCUT2D eigenvalue weighted by molar-refractivity contribution is 0.581. The Morgan fingerprint density at radius 1 is 1.37 bits per heavy atom. The maximum atomic E-state index is 12.1. The summed E-state index contributed by atoms with van der Waals surface area (Å²) in [5, 5.41) is 6.50. The van der Waals surface area contributed by atoms with E-state index in [0.717, 1.165) is 11.1 Å². The van der Waals surface area contributed by atoms with Crippen molar-refractivity contribution in [1.82, 2.24) is 14.9 Å². The number of benzene rings is 1. The molecule has 102 valence electrons. The molecule has 4 N–H and O–H groups in total. The van der Waals surface area contributed by atoms with Gasteiger partial charge in [-0.2, -0.15) is 5.10 Å². The minimum atomic E-state index is -3.66. The number of nitrogens with zero attached hydrogens (tertiary/aromatic N) is 1. The van der Waals surface area contributed by atoms with E-state index in [1.54, 1.807) is 24.5 Å². The monoisotopic (exact) mass is 300 g/mol. The molecule has 2 aromatic rings. The summed E-state index contributed by atoms with van der Waals surface area (Å²) in [4.78, 5) is 0.0369. The molecule has 0 aliphatic rings. The maximum absolute atomic E-state index is 12.1. The van der Waals surface area contributed by atoms with Gasteiger partial charge in [0.25, 0.3) is 0 Å². The summed E-state index contributed by atoms with van der Waals surface area (Å²) < 4.78 is 26.6. The Balaban J connectivity index is 2.19. The molecule has 0 saturated heterocycles. The van der Waals surface area contributed by atoms with E-state index < -0.39 is 10.0 Å². The molecule has 1 aromatic carbocycles. The molecule has 0 spiro atoms. The van der Waals surface area contributed by atoms with Crippen LogP contribution < -0.4 is 10.5 Å². The van der Waals surface area contributed by atoms with E-state index >= 15 is 0 Å². The molecule has 8 heteroatoms. The van der Waals surface area contributed by atoms with E-state index in [9.17, 15) is 8.42 Å². The Morgan fingerprint density at radius 3 is 2.74 bits per heavy atom. The molecule has 0 amide bonds. The van der Waals surface area contributed by atoms with Crippen molar-refractivity contribution in [1.29, 1.82) is 0 Å². The fraction of sp³-hybridized carbons (Fsp3) is 0.182. The van der Waals surface area contributed by atoms with Crippen LogP contribution in [0.4, 0.5) is 0 Å². The van der Waals surface area contributed by atoms with Crippen molar-refractivity contribution in [2.75, 3.05) is 0 Å². The van der Waals surface area contributed by atoms with Gasteiger partial charge in [-0.15, -0.1) is 0 Å². The first-order chi connectivity index (χ1) is 9.03. The van der Waals surface area contributed by atoms with Crippen molar-refractivity contribution < 1.29 is 8.42 Å². The first kappa shape index (κ1) is 14.0. The lowest BCUT2D eigenvalue weighted by Gasteiger charge is -2.08. The maximum Gasteiger partial charge on any atom is 0.242 e. The van der Waals surface area contributed by atoms with Gasteiger partial charge in [0.2, 0.25) is 10.0 Å². The van der Waals surface area contributed by atoms with Gasteiger partial charge in [-0.25, -0.2) is 13.1 Å². The van der Waals surface area contributed by atoms with E-state index in [1.807, 2.05) is 0 Å². The topological polar surface area (TPSA) is 101 Å². The highest BCUT2D eigenvalue weighted by atomic mass is 35.5. The molecule has 0 aliphatic carbocycles. The van der Waals surface area contributed by atoms with Gasteiger partial charge >= 0.3 is 0 Å². The van der Waals surface area contributed by atoms with Gasteiger partial charge in [-0.1, -0.05) is 17.7 Å². The number of hydrogen-bond acceptors (Lipinski definition) is 4. The molecule has 0 bridgehead atoms. The summed E-state index contributed by atoms with van der Waals surface area (Å²) in [6.07, 6.45) is 3.16. The van der Waals surface area contributed by atoms with Gasteiger partial charge in [0.05, 0.1) is 11.2 Å². The van der Waals surface area contributed by atoms with Crippen molar-refractivity contribution in [3.63, 3.8) is 0 Å². The van der Waals surface area contributed by atoms with E-state index in [1.165, 1.54) is 6.07 Å². The van der Waals surface area contributed by atoms with Crippen LogP contribution >= 0.6 is 11.6 Å². The van der Waals surface area contributed by atoms with Gasteiger partial charge in [-0.3, -0.25) is 5.10 Å². The summed E-state index contributed by atoms with van der Waals surface area (Å²) in [7, 11) is -3.66. The smallest absolute Gasteiger partial charge is 0.242 e. The van der Waals surface area contributed by atoms with E-state index in [0.29, 0.717) is 6.54 Å². The van der Waals surface area contributed by atoms with Crippen molar-refractivity contribution in [2.45, 2.75) is 18.0 Å². The first-order valence-electron chi connectivity index (χ1n) is 5.49. The second-order valence-electron chi connectivity index (χ2n) is 3.90. The van der Waals surface area contributed by atoms with Gasteiger partial charge < -0.3 is 5.73 Å². The van der Waals surface area contributed by atoms with Crippen LogP contribution in [0.2, 0.25) is 5.02 Å². The third-order valence-electron chi connectivity index (χ3n) is 2.54. The molecule has 0 aliphatic heterocycles. The summed E-state index contributed by atoms with van der Waals surface area (Å²) in [6.45, 7) is 0.455. The van der Waals surface area contributed by atoms with Crippen molar-refractivity contribution in [3.8, 4) is 0 Å². The highest BCUT2D eigenvalue weighted by Crippen LogP contribution is 2.22. The van der Waals surface area contributed by atoms with Crippen molar-refractivity contribution in [2.24, 2.45) is 5.73 Å². The lowest BCUT2D eigenvalue weighted by Crippen LogP contribution is -2.23. The molecule has 0 saturated carbocycles. The Hall–Kier alpha value is -1.41. The Labute approximate surface area is 116 Å². The molecular weight excluding hydrogens is 288 g/mol. The van der Waals surface area contributed by atoms with Crippen LogP contribution in [-0.4, -0.2) is 18.6 Å². The predicted octanol–water partition coefficient (Wildman–Crippen LogP) is 1.00. The Morgan fingerprint density at radius 2 is 2.16 bits per heavy atom. The Bertz CT molecular complexity index is 655. The minimum absolute atomic E-state index is 0.0369. The Kier molecular flexibility index (Phi) is 4.20. The number of aromatic nitrogens is 2. The number of aromatic amines is 1. The lowest BCUT2D eigenvalue weighted by atomic mass is 10.2. The number of nitrogens with one attached hydrogen (secondary N) is 2. The quantitative estimate of drug-likeness (QED) is 0.767. The fourth-order valence-corrected chi connectivity index (χ4v) is 3.10. The zero-order valence-corrected chi connectivity index (χ0v) is 11.5. The zero-order chi connectivity index (χ0) is 13.9. The zero-order valence-electron chi connectivity index (χ0n) is 9.93. The van der Waals surface area contributed by atoms with Crippen LogP contribution in [0.5, 0.6) is 0 Å². The fourth-order valence-electron chi connectivity index (χ4n) is 1.52. The molecule has 1 aromatic heterocycles. The molecule has 0 fully saturated rings. The molecule has 6 nitrogen and oxygen atoms in total. The molecule has 0 unspecified atom stereocenters. The molecular formula is C11H13ClN4O2S. The standard InChI is InChI=1S/C11H13ClN4O2S/c12-10-3-8(4-13)1-2-11(10)19(17,18)16-7-9-5-14-15-6-9/h1-3,5-6,16H,4,7,13H2,(H,14,15). The number of halogens is 1. The third-order valence-corrected chi connectivity index (χ3v) is 4.43. The van der Waals surface area contributed by atoms with Gasteiger partial charge in [0, 0.05) is 24.8 Å². The molecule has 0 atom stereocenters. The van der Waals surface area contributed by atoms with Crippen LogP contribution in [0.3, 0.4) is 0 Å². The predicted molar refractivity (Wildman–Crippen MR) is 72.0 cm³/mol. The normalized spacial score (nSPS) is 11.7. The summed E-state index contributed by atoms with van der Waals surface area (Å²) in [5.74, 6) is 0. The van der Waals surface area contributed by atoms with Crippen LogP contribution in [-0.2, 0) is 23.1 Å². The molecule has 2 rings (SSSR count). The summed E-state index contributed by atoms with van der Waals surface area (Å²) >= 11 is 5.96. The third kappa shape index (κ3) is 3.32. The first-order valence-corrected chi connectivity index (χ1v) is 7.35. The molecule has 0 radical (unpaired) electrons. The van der Waals surface area contributed by atoms with Crippen LogP contribution in [0.25, 0.3) is 0 Å². The number of hydrogen-bond donors (Lipinski definition) is 3. The van der Waals surface area contributed by atoms with E-state index in [4.69, 9.17) is 17.3 Å². The van der Waals surface area contributed by atoms with Crippen LogP contribution in [0.15, 0.2) is 35.5 Å². The second-order valence-corrected chi connectivity index (χ2v) is 6.04. The minimum Gasteiger partial charge on any atom is -0.326 e.